The second-order valence-electron chi connectivity index (χ2n) is 7.97. The fraction of sp³-hybridized carbons (Fsp3) is 0.619. The summed E-state index contributed by atoms with van der Waals surface area (Å²) in [5.41, 5.74) is 2.88. The minimum absolute atomic E-state index is 0.0984. The molecule has 3 rings (SSSR count). The number of nitrogens with one attached hydrogen (secondary N) is 3. The predicted octanol–water partition coefficient (Wildman–Crippen LogP) is 1.62. The first kappa shape index (κ1) is 21.1. The van der Waals surface area contributed by atoms with Crippen molar-refractivity contribution in [2.45, 2.75) is 58.8 Å². The van der Waals surface area contributed by atoms with Crippen LogP contribution in [-0.4, -0.2) is 39.7 Å². The smallest absolute Gasteiger partial charge is 0.253 e. The zero-order valence-electron chi connectivity index (χ0n) is 17.6. The molecule has 2 amide bonds. The van der Waals surface area contributed by atoms with Crippen LogP contribution in [0.5, 0.6) is 0 Å². The van der Waals surface area contributed by atoms with Crippen LogP contribution in [0.4, 0.5) is 0 Å². The van der Waals surface area contributed by atoms with Crippen LogP contribution in [0.1, 0.15) is 55.3 Å². The maximum atomic E-state index is 12.4. The number of H-pyrrole nitrogens is 1. The van der Waals surface area contributed by atoms with Gasteiger partial charge in [0.05, 0.1) is 5.69 Å². The Balaban J connectivity index is 1.48. The van der Waals surface area contributed by atoms with E-state index in [0.29, 0.717) is 30.7 Å². The Morgan fingerprint density at radius 1 is 1.14 bits per heavy atom. The molecule has 0 unspecified atom stereocenters. The van der Waals surface area contributed by atoms with Gasteiger partial charge in [0.1, 0.15) is 5.65 Å². The maximum absolute atomic E-state index is 12.4. The molecule has 1 aliphatic carbocycles. The number of aromatic amines is 1. The number of nitrogens with zero attached hydrogens (tertiary/aromatic N) is 2. The summed E-state index contributed by atoms with van der Waals surface area (Å²) in [5, 5.41) is 11.0. The lowest BCUT2D eigenvalue weighted by Gasteiger charge is -2.20. The van der Waals surface area contributed by atoms with Gasteiger partial charge in [0, 0.05) is 43.4 Å². The van der Waals surface area contributed by atoms with Crippen LogP contribution in [0.15, 0.2) is 4.79 Å². The van der Waals surface area contributed by atoms with Crippen LogP contribution in [0.3, 0.4) is 0 Å². The Kier molecular flexibility index (Phi) is 6.71. The molecular formula is C21H31N5O3. The molecule has 1 aliphatic rings. The van der Waals surface area contributed by atoms with Gasteiger partial charge in [-0.15, -0.1) is 0 Å². The molecule has 29 heavy (non-hydrogen) atoms. The van der Waals surface area contributed by atoms with E-state index in [1.54, 1.807) is 11.7 Å². The van der Waals surface area contributed by atoms with E-state index in [1.165, 1.54) is 6.42 Å². The van der Waals surface area contributed by atoms with E-state index in [2.05, 4.69) is 20.7 Å². The summed E-state index contributed by atoms with van der Waals surface area (Å²) in [5.74, 6) is 0.0972. The standard InChI is InChI=1S/C21H31N5O3/c1-13-16(21(29)24-19-18(13)14(2)25-26(19)3)9-10-17(27)22-11-12-23-20(28)15-7-5-4-6-8-15/h15H,4-12H2,1-3H3,(H,22,27)(H,23,28)(H,24,29). The first-order chi connectivity index (χ1) is 13.9. The van der Waals surface area contributed by atoms with Crippen molar-refractivity contribution in [2.24, 2.45) is 13.0 Å². The highest BCUT2D eigenvalue weighted by molar-refractivity contribution is 5.83. The summed E-state index contributed by atoms with van der Waals surface area (Å²) < 4.78 is 1.66. The number of hydrogen-bond donors (Lipinski definition) is 3. The minimum atomic E-state index is -0.175. The van der Waals surface area contributed by atoms with Gasteiger partial charge in [-0.25, -0.2) is 0 Å². The largest absolute Gasteiger partial charge is 0.354 e. The zero-order chi connectivity index (χ0) is 21.0. The quantitative estimate of drug-likeness (QED) is 0.613. The molecule has 2 aromatic rings. The molecule has 3 N–H and O–H groups in total. The van der Waals surface area contributed by atoms with E-state index in [0.717, 1.165) is 42.3 Å². The summed E-state index contributed by atoms with van der Waals surface area (Å²) in [6, 6.07) is 0. The molecule has 158 valence electrons. The van der Waals surface area contributed by atoms with Gasteiger partial charge in [-0.3, -0.25) is 19.1 Å². The Hall–Kier alpha value is -2.64. The number of rotatable bonds is 7. The molecule has 2 aromatic heterocycles. The van der Waals surface area contributed by atoms with Gasteiger partial charge in [0.15, 0.2) is 0 Å². The average molecular weight is 402 g/mol. The molecule has 0 saturated heterocycles. The van der Waals surface area contributed by atoms with Crippen molar-refractivity contribution in [3.8, 4) is 0 Å². The number of aryl methyl sites for hydroxylation is 3. The van der Waals surface area contributed by atoms with Crippen molar-refractivity contribution >= 4 is 22.8 Å². The normalized spacial score (nSPS) is 14.9. The molecule has 2 heterocycles. The van der Waals surface area contributed by atoms with Gasteiger partial charge < -0.3 is 15.6 Å². The fourth-order valence-corrected chi connectivity index (χ4v) is 4.28. The van der Waals surface area contributed by atoms with E-state index in [1.807, 2.05) is 13.8 Å². The van der Waals surface area contributed by atoms with Crippen molar-refractivity contribution < 1.29 is 9.59 Å². The second-order valence-corrected chi connectivity index (χ2v) is 7.97. The maximum Gasteiger partial charge on any atom is 0.253 e. The summed E-state index contributed by atoms with van der Waals surface area (Å²) in [6.45, 7) is 4.64. The van der Waals surface area contributed by atoms with Crippen LogP contribution < -0.4 is 16.2 Å². The van der Waals surface area contributed by atoms with Crippen LogP contribution in [0.25, 0.3) is 11.0 Å². The molecule has 0 aromatic carbocycles. The van der Waals surface area contributed by atoms with E-state index in [9.17, 15) is 14.4 Å². The van der Waals surface area contributed by atoms with Crippen molar-refractivity contribution in [2.75, 3.05) is 13.1 Å². The van der Waals surface area contributed by atoms with E-state index < -0.39 is 0 Å². The number of carbonyl (C=O) groups is 2. The van der Waals surface area contributed by atoms with Gasteiger partial charge >= 0.3 is 0 Å². The summed E-state index contributed by atoms with van der Waals surface area (Å²) in [4.78, 5) is 39.6. The number of fused-ring (bicyclic) bond motifs is 1. The van der Waals surface area contributed by atoms with Crippen LogP contribution in [-0.2, 0) is 23.1 Å². The van der Waals surface area contributed by atoms with Gasteiger partial charge in [-0.05, 0) is 38.7 Å². The Morgan fingerprint density at radius 3 is 2.55 bits per heavy atom. The van der Waals surface area contributed by atoms with Gasteiger partial charge in [0.25, 0.3) is 5.56 Å². The number of aromatic nitrogens is 3. The molecule has 8 nitrogen and oxygen atoms in total. The number of carbonyl (C=O) groups excluding carboxylic acids is 2. The highest BCUT2D eigenvalue weighted by Crippen LogP contribution is 2.23. The van der Waals surface area contributed by atoms with E-state index in [-0.39, 0.29) is 29.7 Å². The molecule has 0 bridgehead atoms. The third-order valence-electron chi connectivity index (χ3n) is 5.88. The highest BCUT2D eigenvalue weighted by atomic mass is 16.2. The molecular weight excluding hydrogens is 370 g/mol. The third kappa shape index (κ3) is 4.86. The summed E-state index contributed by atoms with van der Waals surface area (Å²) >= 11 is 0. The molecule has 1 fully saturated rings. The van der Waals surface area contributed by atoms with Crippen molar-refractivity contribution in [1.29, 1.82) is 0 Å². The van der Waals surface area contributed by atoms with Gasteiger partial charge in [-0.1, -0.05) is 19.3 Å². The zero-order valence-corrected chi connectivity index (χ0v) is 17.6. The Labute approximate surface area is 170 Å². The van der Waals surface area contributed by atoms with Crippen molar-refractivity contribution in [1.82, 2.24) is 25.4 Å². The average Bonchev–Trinajstić information content (AvgIpc) is 2.98. The minimum Gasteiger partial charge on any atom is -0.354 e. The molecule has 8 heteroatoms. The first-order valence-electron chi connectivity index (χ1n) is 10.5. The van der Waals surface area contributed by atoms with E-state index >= 15 is 0 Å². The number of pyridine rings is 1. The van der Waals surface area contributed by atoms with Crippen LogP contribution in [0.2, 0.25) is 0 Å². The highest BCUT2D eigenvalue weighted by Gasteiger charge is 2.20. The molecule has 0 atom stereocenters. The molecule has 0 aliphatic heterocycles. The SMILES string of the molecule is Cc1nn(C)c2[nH]c(=O)c(CCC(=O)NCCNC(=O)C3CCCCC3)c(C)c12. The first-order valence-corrected chi connectivity index (χ1v) is 10.5. The number of amides is 2. The predicted molar refractivity (Wildman–Crippen MR) is 112 cm³/mol. The molecule has 0 spiro atoms. The Morgan fingerprint density at radius 2 is 1.83 bits per heavy atom. The topological polar surface area (TPSA) is 109 Å². The molecule has 0 radical (unpaired) electrons. The summed E-state index contributed by atoms with van der Waals surface area (Å²) in [6.07, 6.45) is 5.99. The lowest BCUT2D eigenvalue weighted by molar-refractivity contribution is -0.126. The van der Waals surface area contributed by atoms with Crippen LogP contribution >= 0.6 is 0 Å². The fourth-order valence-electron chi connectivity index (χ4n) is 4.28. The van der Waals surface area contributed by atoms with Gasteiger partial charge in [-0.2, -0.15) is 5.10 Å². The monoisotopic (exact) mass is 401 g/mol. The second kappa shape index (κ2) is 9.24. The number of hydrogen-bond acceptors (Lipinski definition) is 4. The van der Waals surface area contributed by atoms with Crippen molar-refractivity contribution in [3.63, 3.8) is 0 Å². The summed E-state index contributed by atoms with van der Waals surface area (Å²) in [7, 11) is 1.80. The van der Waals surface area contributed by atoms with Crippen molar-refractivity contribution in [3.05, 3.63) is 27.2 Å². The lowest BCUT2D eigenvalue weighted by atomic mass is 9.89. The van der Waals surface area contributed by atoms with Crippen LogP contribution in [0, 0.1) is 19.8 Å². The third-order valence-corrected chi connectivity index (χ3v) is 5.88. The van der Waals surface area contributed by atoms with E-state index in [4.69, 9.17) is 0 Å². The lowest BCUT2D eigenvalue weighted by Crippen LogP contribution is -2.38. The molecule has 1 saturated carbocycles. The van der Waals surface area contributed by atoms with Gasteiger partial charge in [0.2, 0.25) is 11.8 Å². The Bertz CT molecular complexity index is 953.